The number of carbonyl (C=O) groups is 2. The summed E-state index contributed by atoms with van der Waals surface area (Å²) in [6.07, 6.45) is 0. The second-order valence-electron chi connectivity index (χ2n) is 3.80. The van der Waals surface area contributed by atoms with Crippen LogP contribution >= 0.6 is 0 Å². The van der Waals surface area contributed by atoms with E-state index in [0.29, 0.717) is 13.2 Å². The summed E-state index contributed by atoms with van der Waals surface area (Å²) in [5.41, 5.74) is 0. The van der Waals surface area contributed by atoms with Gasteiger partial charge in [0, 0.05) is 26.7 Å². The van der Waals surface area contributed by atoms with Crippen molar-refractivity contribution in [3.05, 3.63) is 0 Å². The summed E-state index contributed by atoms with van der Waals surface area (Å²) < 4.78 is 4.79. The van der Waals surface area contributed by atoms with Crippen LogP contribution in [0.25, 0.3) is 0 Å². The Balaban J connectivity index is 3.80. The van der Waals surface area contributed by atoms with Crippen LogP contribution in [0.2, 0.25) is 0 Å². The van der Waals surface area contributed by atoms with Gasteiger partial charge in [0.1, 0.15) is 6.54 Å². The Morgan fingerprint density at radius 3 is 2.50 bits per heavy atom. The van der Waals surface area contributed by atoms with Gasteiger partial charge in [-0.05, 0) is 13.8 Å². The molecule has 0 radical (unpaired) electrons. The number of hydrogen-bond acceptors (Lipinski definition) is 3. The maximum Gasteiger partial charge on any atom is 0.317 e. The van der Waals surface area contributed by atoms with Gasteiger partial charge in [-0.15, -0.1) is 0 Å². The van der Waals surface area contributed by atoms with Crippen LogP contribution in [0.15, 0.2) is 0 Å². The van der Waals surface area contributed by atoms with Crippen LogP contribution in [0.5, 0.6) is 0 Å². The first-order valence-corrected chi connectivity index (χ1v) is 5.24. The van der Waals surface area contributed by atoms with Gasteiger partial charge in [0.25, 0.3) is 0 Å². The quantitative estimate of drug-likeness (QED) is 0.622. The molecule has 0 heterocycles. The smallest absolute Gasteiger partial charge is 0.317 e. The molecule has 0 rings (SSSR count). The molecule has 0 aromatic carbocycles. The molecular formula is C10H21N3O3. The Kier molecular flexibility index (Phi) is 7.28. The first-order valence-electron chi connectivity index (χ1n) is 5.24. The molecule has 2 N–H and O–H groups in total. The van der Waals surface area contributed by atoms with E-state index in [9.17, 15) is 9.59 Å². The standard InChI is InChI=1S/C10H21N3O3/c1-8(2)12-10(15)13(3)7-9(14)11-5-6-16-4/h8H,5-7H2,1-4H3,(H,11,14)(H,12,15). The van der Waals surface area contributed by atoms with E-state index in [2.05, 4.69) is 10.6 Å². The van der Waals surface area contributed by atoms with Crippen molar-refractivity contribution in [2.75, 3.05) is 33.9 Å². The fourth-order valence-corrected chi connectivity index (χ4v) is 0.993. The number of rotatable bonds is 6. The second kappa shape index (κ2) is 7.92. The van der Waals surface area contributed by atoms with Crippen LogP contribution in [-0.4, -0.2) is 56.7 Å². The molecule has 0 aromatic rings. The number of nitrogens with one attached hydrogen (secondary N) is 2. The number of amides is 3. The van der Waals surface area contributed by atoms with Gasteiger partial charge in [0.2, 0.25) is 5.91 Å². The summed E-state index contributed by atoms with van der Waals surface area (Å²) in [5.74, 6) is -0.196. The molecule has 0 aliphatic rings. The van der Waals surface area contributed by atoms with E-state index in [4.69, 9.17) is 4.74 Å². The molecule has 0 aromatic heterocycles. The summed E-state index contributed by atoms with van der Waals surface area (Å²) in [6.45, 7) is 4.69. The molecule has 0 saturated heterocycles. The minimum atomic E-state index is -0.253. The lowest BCUT2D eigenvalue weighted by Crippen LogP contribution is -2.45. The molecule has 0 spiro atoms. The molecule has 6 heteroatoms. The minimum absolute atomic E-state index is 0.0439. The molecule has 0 saturated carbocycles. The summed E-state index contributed by atoms with van der Waals surface area (Å²) in [6, 6.07) is -0.191. The normalized spacial score (nSPS) is 10.1. The lowest BCUT2D eigenvalue weighted by molar-refractivity contribution is -0.121. The largest absolute Gasteiger partial charge is 0.383 e. The number of nitrogens with zero attached hydrogens (tertiary/aromatic N) is 1. The number of ether oxygens (including phenoxy) is 1. The third-order valence-corrected chi connectivity index (χ3v) is 1.77. The molecule has 0 fully saturated rings. The molecule has 0 atom stereocenters. The first kappa shape index (κ1) is 14.7. The zero-order chi connectivity index (χ0) is 12.6. The van der Waals surface area contributed by atoms with E-state index >= 15 is 0 Å². The Morgan fingerprint density at radius 2 is 2.00 bits per heavy atom. The van der Waals surface area contributed by atoms with Crippen molar-refractivity contribution in [3.63, 3.8) is 0 Å². The van der Waals surface area contributed by atoms with E-state index in [1.54, 1.807) is 14.2 Å². The number of carbonyl (C=O) groups excluding carboxylic acids is 2. The lowest BCUT2D eigenvalue weighted by atomic mass is 10.4. The molecule has 0 aliphatic carbocycles. The average Bonchev–Trinajstić information content (AvgIpc) is 2.16. The maximum absolute atomic E-state index is 11.4. The van der Waals surface area contributed by atoms with Gasteiger partial charge in [-0.3, -0.25) is 4.79 Å². The fourth-order valence-electron chi connectivity index (χ4n) is 0.993. The predicted molar refractivity (Wildman–Crippen MR) is 61.2 cm³/mol. The van der Waals surface area contributed by atoms with E-state index in [1.807, 2.05) is 13.8 Å². The molecule has 0 aliphatic heterocycles. The summed E-state index contributed by atoms with van der Waals surface area (Å²) >= 11 is 0. The van der Waals surface area contributed by atoms with Gasteiger partial charge in [-0.25, -0.2) is 4.79 Å². The fraction of sp³-hybridized carbons (Fsp3) is 0.800. The van der Waals surface area contributed by atoms with Gasteiger partial charge < -0.3 is 20.3 Å². The monoisotopic (exact) mass is 231 g/mol. The van der Waals surface area contributed by atoms with Crippen molar-refractivity contribution in [2.45, 2.75) is 19.9 Å². The van der Waals surface area contributed by atoms with Crippen LogP contribution in [0.4, 0.5) is 4.79 Å². The highest BCUT2D eigenvalue weighted by Gasteiger charge is 2.12. The predicted octanol–water partition coefficient (Wildman–Crippen LogP) is -0.201. The van der Waals surface area contributed by atoms with E-state index < -0.39 is 0 Å². The SMILES string of the molecule is COCCNC(=O)CN(C)C(=O)NC(C)C. The van der Waals surface area contributed by atoms with Crippen molar-refractivity contribution in [1.29, 1.82) is 0 Å². The van der Waals surface area contributed by atoms with Gasteiger partial charge >= 0.3 is 6.03 Å². The number of hydrogen-bond donors (Lipinski definition) is 2. The van der Waals surface area contributed by atoms with Crippen molar-refractivity contribution in [3.8, 4) is 0 Å². The molecule has 16 heavy (non-hydrogen) atoms. The number of urea groups is 1. The molecular weight excluding hydrogens is 210 g/mol. The first-order chi connectivity index (χ1) is 7.47. The van der Waals surface area contributed by atoms with Crippen LogP contribution in [-0.2, 0) is 9.53 Å². The Bertz CT molecular complexity index is 231. The molecule has 0 unspecified atom stereocenters. The van der Waals surface area contributed by atoms with Gasteiger partial charge in [0.15, 0.2) is 0 Å². The molecule has 6 nitrogen and oxygen atoms in total. The third kappa shape index (κ3) is 7.05. The van der Waals surface area contributed by atoms with E-state index in [1.165, 1.54) is 4.90 Å². The highest BCUT2D eigenvalue weighted by Crippen LogP contribution is 1.87. The number of likely N-dealkylation sites (N-methyl/N-ethyl adjacent to an activating group) is 1. The molecule has 3 amide bonds. The Morgan fingerprint density at radius 1 is 1.38 bits per heavy atom. The summed E-state index contributed by atoms with van der Waals surface area (Å²) in [7, 11) is 3.14. The van der Waals surface area contributed by atoms with Crippen LogP contribution in [0, 0.1) is 0 Å². The Hall–Kier alpha value is -1.30. The topological polar surface area (TPSA) is 70.7 Å². The zero-order valence-electron chi connectivity index (χ0n) is 10.4. The third-order valence-electron chi connectivity index (χ3n) is 1.77. The van der Waals surface area contributed by atoms with Crippen LogP contribution in [0.3, 0.4) is 0 Å². The maximum atomic E-state index is 11.4. The van der Waals surface area contributed by atoms with E-state index in [-0.39, 0.29) is 24.5 Å². The van der Waals surface area contributed by atoms with Crippen molar-refractivity contribution < 1.29 is 14.3 Å². The van der Waals surface area contributed by atoms with Gasteiger partial charge in [-0.1, -0.05) is 0 Å². The lowest BCUT2D eigenvalue weighted by Gasteiger charge is -2.19. The molecule has 0 bridgehead atoms. The zero-order valence-corrected chi connectivity index (χ0v) is 10.4. The van der Waals surface area contributed by atoms with Gasteiger partial charge in [0.05, 0.1) is 6.61 Å². The Labute approximate surface area is 96.3 Å². The van der Waals surface area contributed by atoms with E-state index in [0.717, 1.165) is 0 Å². The number of methoxy groups -OCH3 is 1. The molecule has 94 valence electrons. The summed E-state index contributed by atoms with van der Waals surface area (Å²) in [4.78, 5) is 24.1. The highest BCUT2D eigenvalue weighted by molar-refractivity contribution is 5.83. The van der Waals surface area contributed by atoms with Crippen LogP contribution < -0.4 is 10.6 Å². The summed E-state index contributed by atoms with van der Waals surface area (Å²) in [5, 5.41) is 5.33. The van der Waals surface area contributed by atoms with Gasteiger partial charge in [-0.2, -0.15) is 0 Å². The average molecular weight is 231 g/mol. The van der Waals surface area contributed by atoms with Crippen LogP contribution in [0.1, 0.15) is 13.8 Å². The van der Waals surface area contributed by atoms with Crippen molar-refractivity contribution >= 4 is 11.9 Å². The second-order valence-corrected chi connectivity index (χ2v) is 3.80. The minimum Gasteiger partial charge on any atom is -0.383 e. The van der Waals surface area contributed by atoms with Crippen molar-refractivity contribution in [1.82, 2.24) is 15.5 Å². The highest BCUT2D eigenvalue weighted by atomic mass is 16.5. The van der Waals surface area contributed by atoms with Crippen molar-refractivity contribution in [2.24, 2.45) is 0 Å².